The summed E-state index contributed by atoms with van der Waals surface area (Å²) in [6, 6.07) is 17.6. The van der Waals surface area contributed by atoms with Crippen LogP contribution in [0.15, 0.2) is 73.1 Å². The molecule has 2 heterocycles. The summed E-state index contributed by atoms with van der Waals surface area (Å²) >= 11 is 0. The number of nitrogens with zero attached hydrogens (tertiary/aromatic N) is 4. The zero-order chi connectivity index (χ0) is 20.5. The SMILES string of the molecule is O=C(N[C@H]1CCc2ccccc21)c1nnn(-c2ccc(F)cc2)c1-c1ccncc1. The Bertz CT molecular complexity index is 1200. The van der Waals surface area contributed by atoms with Gasteiger partial charge in [0.05, 0.1) is 11.7 Å². The average Bonchev–Trinajstić information content (AvgIpc) is 3.40. The fraction of sp³-hybridized carbons (Fsp3) is 0.130. The maximum atomic E-state index is 13.4. The van der Waals surface area contributed by atoms with Gasteiger partial charge in [-0.15, -0.1) is 5.10 Å². The molecule has 2 aromatic heterocycles. The standard InChI is InChI=1S/C23H18FN5O/c24-17-6-8-18(9-7-17)29-22(16-11-13-25-14-12-16)21(27-28-29)23(30)26-20-10-5-15-3-1-2-4-19(15)20/h1-4,6-9,11-14,20H,5,10H2,(H,26,30)/t20-/m0/s1. The molecule has 0 radical (unpaired) electrons. The zero-order valence-electron chi connectivity index (χ0n) is 16.0. The van der Waals surface area contributed by atoms with E-state index in [0.717, 1.165) is 24.0 Å². The Hall–Kier alpha value is -3.87. The maximum Gasteiger partial charge on any atom is 0.274 e. The zero-order valence-corrected chi connectivity index (χ0v) is 16.0. The number of amides is 1. The second kappa shape index (κ2) is 7.51. The molecule has 0 spiro atoms. The number of aromatic nitrogens is 4. The number of rotatable bonds is 4. The van der Waals surface area contributed by atoms with Crippen molar-refractivity contribution in [2.24, 2.45) is 0 Å². The summed E-state index contributed by atoms with van der Waals surface area (Å²) in [6.07, 6.45) is 5.07. The fourth-order valence-corrected chi connectivity index (χ4v) is 3.90. The van der Waals surface area contributed by atoms with Crippen LogP contribution in [0.3, 0.4) is 0 Å². The van der Waals surface area contributed by atoms with E-state index in [0.29, 0.717) is 11.4 Å². The highest BCUT2D eigenvalue weighted by Gasteiger charge is 2.28. The van der Waals surface area contributed by atoms with Crippen molar-refractivity contribution in [3.8, 4) is 16.9 Å². The molecule has 6 nitrogen and oxygen atoms in total. The van der Waals surface area contributed by atoms with Gasteiger partial charge in [-0.25, -0.2) is 9.07 Å². The van der Waals surface area contributed by atoms with Crippen LogP contribution in [0.4, 0.5) is 4.39 Å². The number of halogens is 1. The summed E-state index contributed by atoms with van der Waals surface area (Å²) in [7, 11) is 0. The molecule has 1 aliphatic carbocycles. The summed E-state index contributed by atoms with van der Waals surface area (Å²) in [5.74, 6) is -0.640. The lowest BCUT2D eigenvalue weighted by molar-refractivity contribution is 0.0932. The van der Waals surface area contributed by atoms with Gasteiger partial charge in [0.25, 0.3) is 5.91 Å². The first-order chi connectivity index (χ1) is 14.7. The lowest BCUT2D eigenvalue weighted by Gasteiger charge is -2.14. The Morgan fingerprint density at radius 1 is 1.03 bits per heavy atom. The molecular weight excluding hydrogens is 381 g/mol. The number of hydrogen-bond donors (Lipinski definition) is 1. The minimum atomic E-state index is -0.345. The number of hydrogen-bond acceptors (Lipinski definition) is 4. The molecule has 148 valence electrons. The first kappa shape index (κ1) is 18.2. The highest BCUT2D eigenvalue weighted by Crippen LogP contribution is 2.32. The van der Waals surface area contributed by atoms with E-state index >= 15 is 0 Å². The molecule has 1 atom stereocenters. The second-order valence-electron chi connectivity index (χ2n) is 7.17. The Labute approximate surface area is 172 Å². The van der Waals surface area contributed by atoms with E-state index in [2.05, 4.69) is 26.7 Å². The van der Waals surface area contributed by atoms with E-state index in [9.17, 15) is 9.18 Å². The normalized spacial score (nSPS) is 15.0. The Kier molecular flexibility index (Phi) is 4.55. The van der Waals surface area contributed by atoms with Crippen LogP contribution in [0.25, 0.3) is 16.9 Å². The maximum absolute atomic E-state index is 13.4. The Morgan fingerprint density at radius 2 is 1.80 bits per heavy atom. The molecule has 0 unspecified atom stereocenters. The van der Waals surface area contributed by atoms with E-state index in [1.807, 2.05) is 18.2 Å². The number of carbonyl (C=O) groups is 1. The van der Waals surface area contributed by atoms with Crippen LogP contribution in [-0.4, -0.2) is 25.9 Å². The molecule has 0 fully saturated rings. The lowest BCUT2D eigenvalue weighted by Crippen LogP contribution is -2.28. The molecular formula is C23H18FN5O. The van der Waals surface area contributed by atoms with E-state index in [1.165, 1.54) is 17.7 Å². The molecule has 2 aromatic carbocycles. The predicted octanol–water partition coefficient (Wildman–Crippen LogP) is 3.89. The molecule has 0 bridgehead atoms. The van der Waals surface area contributed by atoms with Gasteiger partial charge < -0.3 is 5.32 Å². The summed E-state index contributed by atoms with van der Waals surface area (Å²) in [5, 5.41) is 11.5. The molecule has 1 amide bonds. The minimum absolute atomic E-state index is 0.0602. The topological polar surface area (TPSA) is 72.7 Å². The average molecular weight is 399 g/mol. The largest absolute Gasteiger partial charge is 0.344 e. The van der Waals surface area contributed by atoms with Gasteiger partial charge in [0, 0.05) is 18.0 Å². The van der Waals surface area contributed by atoms with Crippen molar-refractivity contribution in [3.63, 3.8) is 0 Å². The molecule has 0 saturated carbocycles. The first-order valence-corrected chi connectivity index (χ1v) is 9.71. The molecule has 0 aliphatic heterocycles. The number of nitrogens with one attached hydrogen (secondary N) is 1. The summed E-state index contributed by atoms with van der Waals surface area (Å²) in [6.45, 7) is 0. The van der Waals surface area contributed by atoms with Crippen molar-refractivity contribution in [2.45, 2.75) is 18.9 Å². The van der Waals surface area contributed by atoms with Crippen molar-refractivity contribution < 1.29 is 9.18 Å². The van der Waals surface area contributed by atoms with Crippen LogP contribution in [0.2, 0.25) is 0 Å². The molecule has 0 saturated heterocycles. The summed E-state index contributed by atoms with van der Waals surface area (Å²) in [4.78, 5) is 17.3. The van der Waals surface area contributed by atoms with Crippen LogP contribution >= 0.6 is 0 Å². The number of pyridine rings is 1. The van der Waals surface area contributed by atoms with Crippen LogP contribution in [-0.2, 0) is 6.42 Å². The van der Waals surface area contributed by atoms with Gasteiger partial charge in [-0.05, 0) is 60.4 Å². The molecule has 1 aliphatic rings. The van der Waals surface area contributed by atoms with Crippen molar-refractivity contribution >= 4 is 5.91 Å². The van der Waals surface area contributed by atoms with Crippen molar-refractivity contribution in [1.29, 1.82) is 0 Å². The van der Waals surface area contributed by atoms with E-state index in [1.54, 1.807) is 41.3 Å². The lowest BCUT2D eigenvalue weighted by atomic mass is 10.1. The number of fused-ring (bicyclic) bond motifs is 1. The van der Waals surface area contributed by atoms with Gasteiger partial charge in [-0.1, -0.05) is 29.5 Å². The van der Waals surface area contributed by atoms with Gasteiger partial charge in [-0.3, -0.25) is 9.78 Å². The van der Waals surface area contributed by atoms with Gasteiger partial charge in [0.15, 0.2) is 5.69 Å². The van der Waals surface area contributed by atoms with Gasteiger partial charge in [-0.2, -0.15) is 0 Å². The molecule has 30 heavy (non-hydrogen) atoms. The van der Waals surface area contributed by atoms with Crippen molar-refractivity contribution in [3.05, 3.63) is 95.7 Å². The third kappa shape index (κ3) is 3.24. The highest BCUT2D eigenvalue weighted by atomic mass is 19.1. The van der Waals surface area contributed by atoms with Crippen LogP contribution in [0.1, 0.15) is 34.1 Å². The quantitative estimate of drug-likeness (QED) is 0.565. The summed E-state index contributed by atoms with van der Waals surface area (Å²) < 4.78 is 14.9. The van der Waals surface area contributed by atoms with Crippen LogP contribution in [0.5, 0.6) is 0 Å². The minimum Gasteiger partial charge on any atom is -0.344 e. The summed E-state index contributed by atoms with van der Waals surface area (Å²) in [5.41, 5.74) is 4.51. The first-order valence-electron chi connectivity index (χ1n) is 9.71. The third-order valence-electron chi connectivity index (χ3n) is 5.35. The van der Waals surface area contributed by atoms with Crippen molar-refractivity contribution in [2.75, 3.05) is 0 Å². The smallest absolute Gasteiger partial charge is 0.274 e. The molecule has 1 N–H and O–H groups in total. The molecule has 7 heteroatoms. The van der Waals surface area contributed by atoms with E-state index in [4.69, 9.17) is 0 Å². The Balaban J connectivity index is 1.54. The highest BCUT2D eigenvalue weighted by molar-refractivity contribution is 5.98. The van der Waals surface area contributed by atoms with Crippen LogP contribution < -0.4 is 5.32 Å². The Morgan fingerprint density at radius 3 is 2.60 bits per heavy atom. The van der Waals surface area contributed by atoms with Gasteiger partial charge in [0.2, 0.25) is 0 Å². The number of carbonyl (C=O) groups excluding carboxylic acids is 1. The van der Waals surface area contributed by atoms with E-state index < -0.39 is 0 Å². The number of aryl methyl sites for hydroxylation is 1. The molecule has 5 rings (SSSR count). The van der Waals surface area contributed by atoms with Crippen molar-refractivity contribution in [1.82, 2.24) is 25.3 Å². The fourth-order valence-electron chi connectivity index (χ4n) is 3.90. The second-order valence-corrected chi connectivity index (χ2v) is 7.17. The van der Waals surface area contributed by atoms with Crippen LogP contribution in [0, 0.1) is 5.82 Å². The van der Waals surface area contributed by atoms with Gasteiger partial charge >= 0.3 is 0 Å². The van der Waals surface area contributed by atoms with Gasteiger partial charge in [0.1, 0.15) is 11.5 Å². The number of benzene rings is 2. The predicted molar refractivity (Wildman–Crippen MR) is 110 cm³/mol. The van der Waals surface area contributed by atoms with E-state index in [-0.39, 0.29) is 23.5 Å². The third-order valence-corrected chi connectivity index (χ3v) is 5.35. The monoisotopic (exact) mass is 399 g/mol. The molecule has 4 aromatic rings.